The second-order valence-electron chi connectivity index (χ2n) is 9.06. The first-order chi connectivity index (χ1) is 16.4. The van der Waals surface area contributed by atoms with E-state index in [2.05, 4.69) is 37.1 Å². The van der Waals surface area contributed by atoms with Crippen LogP contribution in [0.1, 0.15) is 34.1 Å². The second-order valence-corrected chi connectivity index (χ2v) is 10.2. The van der Waals surface area contributed by atoms with Crippen LogP contribution < -0.4 is 10.2 Å². The minimum absolute atomic E-state index is 0.109. The number of hydrogen-bond donors (Lipinski definition) is 1. The largest absolute Gasteiger partial charge is 0.465 e. The molecule has 3 aromatic rings. The van der Waals surface area contributed by atoms with Crippen LogP contribution in [0.3, 0.4) is 0 Å². The topological polar surface area (TPSA) is 105 Å². The lowest BCUT2D eigenvalue weighted by Gasteiger charge is -2.35. The Kier molecular flexibility index (Phi) is 6.22. The van der Waals surface area contributed by atoms with E-state index < -0.39 is 0 Å². The zero-order chi connectivity index (χ0) is 23.8. The van der Waals surface area contributed by atoms with Crippen molar-refractivity contribution >= 4 is 45.1 Å². The summed E-state index contributed by atoms with van der Waals surface area (Å²) in [7, 11) is 3.26. The molecular weight excluding hydrogens is 454 g/mol. The molecule has 0 aromatic carbocycles. The van der Waals surface area contributed by atoms with Gasteiger partial charge >= 0.3 is 5.97 Å². The first-order valence-corrected chi connectivity index (χ1v) is 12.4. The maximum absolute atomic E-state index is 12.9. The fraction of sp³-hybridized carbons (Fsp3) is 0.522. The fourth-order valence-corrected chi connectivity index (χ4v) is 6.26. The van der Waals surface area contributed by atoms with Gasteiger partial charge in [-0.05, 0) is 30.7 Å². The lowest BCUT2D eigenvalue weighted by atomic mass is 9.88. The second kappa shape index (κ2) is 9.30. The van der Waals surface area contributed by atoms with Gasteiger partial charge in [0.1, 0.15) is 17.1 Å². The number of amides is 1. The van der Waals surface area contributed by atoms with Gasteiger partial charge in [-0.15, -0.1) is 11.3 Å². The van der Waals surface area contributed by atoms with E-state index in [-0.39, 0.29) is 18.4 Å². The molecule has 1 aliphatic heterocycles. The van der Waals surface area contributed by atoms with E-state index in [4.69, 9.17) is 4.74 Å². The Bertz CT molecular complexity index is 1230. The van der Waals surface area contributed by atoms with Crippen LogP contribution in [0.5, 0.6) is 0 Å². The highest BCUT2D eigenvalue weighted by Crippen LogP contribution is 2.40. The summed E-state index contributed by atoms with van der Waals surface area (Å²) >= 11 is 1.52. The van der Waals surface area contributed by atoms with Crippen molar-refractivity contribution in [1.82, 2.24) is 24.6 Å². The summed E-state index contributed by atoms with van der Waals surface area (Å²) in [6, 6.07) is 0. The smallest absolute Gasteiger partial charge is 0.341 e. The summed E-state index contributed by atoms with van der Waals surface area (Å²) in [5, 5.41) is 8.85. The molecule has 1 N–H and O–H groups in total. The first kappa shape index (κ1) is 22.7. The highest BCUT2D eigenvalue weighted by Gasteiger charge is 2.29. The van der Waals surface area contributed by atoms with Gasteiger partial charge < -0.3 is 15.0 Å². The number of nitrogens with one attached hydrogen (secondary N) is 1. The molecule has 2 aliphatic rings. The highest BCUT2D eigenvalue weighted by atomic mass is 32.1. The number of nitrogens with zero attached hydrogens (tertiary/aromatic N) is 6. The molecule has 1 aliphatic carbocycles. The van der Waals surface area contributed by atoms with Crippen LogP contribution in [0.15, 0.2) is 12.5 Å². The lowest BCUT2D eigenvalue weighted by Crippen LogP contribution is -2.49. The lowest BCUT2D eigenvalue weighted by molar-refractivity contribution is -0.117. The van der Waals surface area contributed by atoms with Gasteiger partial charge in [-0.25, -0.2) is 14.8 Å². The molecule has 1 atom stereocenters. The third kappa shape index (κ3) is 4.25. The maximum Gasteiger partial charge on any atom is 0.341 e. The fourth-order valence-electron chi connectivity index (χ4n) is 4.85. The molecule has 180 valence electrons. The minimum Gasteiger partial charge on any atom is -0.465 e. The van der Waals surface area contributed by atoms with E-state index in [1.54, 1.807) is 17.2 Å². The van der Waals surface area contributed by atoms with Gasteiger partial charge in [0.2, 0.25) is 5.91 Å². The summed E-state index contributed by atoms with van der Waals surface area (Å²) in [4.78, 5) is 39.7. The van der Waals surface area contributed by atoms with E-state index >= 15 is 0 Å². The molecule has 0 saturated carbocycles. The summed E-state index contributed by atoms with van der Waals surface area (Å²) in [6.45, 7) is 5.49. The maximum atomic E-state index is 12.9. The number of esters is 1. The molecule has 11 heteroatoms. The van der Waals surface area contributed by atoms with E-state index in [1.807, 2.05) is 7.05 Å². The molecule has 10 nitrogen and oxygen atoms in total. The average Bonchev–Trinajstić information content (AvgIpc) is 3.38. The van der Waals surface area contributed by atoms with Crippen molar-refractivity contribution in [2.45, 2.75) is 26.2 Å². The van der Waals surface area contributed by atoms with Gasteiger partial charge in [-0.3, -0.25) is 14.4 Å². The van der Waals surface area contributed by atoms with Crippen molar-refractivity contribution in [3.63, 3.8) is 0 Å². The standard InChI is InChI=1S/C23H29N7O3S/c1-14-4-5-15-17(10-14)34-22(19(15)23(32)33-3)27-18(31)12-29-6-8-30(9-7-29)21-16-11-26-28(2)20(16)24-13-25-21/h11,13-14H,4-10,12H2,1-3H3,(H,27,31). The Morgan fingerprint density at radius 2 is 2.03 bits per heavy atom. The third-order valence-electron chi connectivity index (χ3n) is 6.70. The number of aromatic nitrogens is 4. The highest BCUT2D eigenvalue weighted by molar-refractivity contribution is 7.17. The molecule has 0 radical (unpaired) electrons. The van der Waals surface area contributed by atoms with Gasteiger partial charge in [0.25, 0.3) is 0 Å². The van der Waals surface area contributed by atoms with Crippen LogP contribution in [0.4, 0.5) is 10.8 Å². The molecule has 1 unspecified atom stereocenters. The quantitative estimate of drug-likeness (QED) is 0.550. The van der Waals surface area contributed by atoms with E-state index in [1.165, 1.54) is 23.3 Å². The van der Waals surface area contributed by atoms with Gasteiger partial charge in [0.05, 0.1) is 30.8 Å². The van der Waals surface area contributed by atoms with Gasteiger partial charge in [0, 0.05) is 38.1 Å². The van der Waals surface area contributed by atoms with E-state index in [0.29, 0.717) is 16.5 Å². The summed E-state index contributed by atoms with van der Waals surface area (Å²) < 4.78 is 6.77. The Morgan fingerprint density at radius 1 is 1.24 bits per heavy atom. The van der Waals surface area contributed by atoms with Crippen LogP contribution >= 0.6 is 11.3 Å². The molecule has 0 spiro atoms. The molecule has 5 rings (SSSR count). The van der Waals surface area contributed by atoms with Crippen molar-refractivity contribution in [2.24, 2.45) is 13.0 Å². The molecule has 1 amide bonds. The van der Waals surface area contributed by atoms with Crippen molar-refractivity contribution in [2.75, 3.05) is 50.1 Å². The van der Waals surface area contributed by atoms with Gasteiger partial charge in [-0.2, -0.15) is 5.10 Å². The number of ether oxygens (including phenoxy) is 1. The molecule has 0 bridgehead atoms. The predicted octanol–water partition coefficient (Wildman–Crippen LogP) is 2.10. The SMILES string of the molecule is COC(=O)c1c(NC(=O)CN2CCN(c3ncnc4c3cnn4C)CC2)sc2c1CCC(C)C2. The number of carbonyl (C=O) groups excluding carboxylic acids is 2. The number of methoxy groups -OCH3 is 1. The Labute approximate surface area is 201 Å². The molecule has 1 fully saturated rings. The summed E-state index contributed by atoms with van der Waals surface area (Å²) in [6.07, 6.45) is 6.20. The van der Waals surface area contributed by atoms with Gasteiger partial charge in [0.15, 0.2) is 5.65 Å². The van der Waals surface area contributed by atoms with E-state index in [9.17, 15) is 9.59 Å². The van der Waals surface area contributed by atoms with Crippen LogP contribution in [0.25, 0.3) is 11.0 Å². The minimum atomic E-state index is -0.373. The van der Waals surface area contributed by atoms with Crippen LogP contribution in [0.2, 0.25) is 0 Å². The first-order valence-electron chi connectivity index (χ1n) is 11.6. The molecule has 3 aromatic heterocycles. The van der Waals surface area contributed by atoms with Crippen LogP contribution in [-0.2, 0) is 29.4 Å². The average molecular weight is 484 g/mol. The third-order valence-corrected chi connectivity index (χ3v) is 7.87. The Hall–Kier alpha value is -3.05. The van der Waals surface area contributed by atoms with Crippen LogP contribution in [0, 0.1) is 5.92 Å². The van der Waals surface area contributed by atoms with Crippen molar-refractivity contribution < 1.29 is 14.3 Å². The number of rotatable bonds is 5. The molecule has 34 heavy (non-hydrogen) atoms. The Balaban J connectivity index is 1.23. The van der Waals surface area contributed by atoms with Crippen molar-refractivity contribution in [3.8, 4) is 0 Å². The van der Waals surface area contributed by atoms with E-state index in [0.717, 1.165) is 67.9 Å². The number of thiophene rings is 1. The van der Waals surface area contributed by atoms with Crippen molar-refractivity contribution in [1.29, 1.82) is 0 Å². The number of fused-ring (bicyclic) bond motifs is 2. The summed E-state index contributed by atoms with van der Waals surface area (Å²) in [5.41, 5.74) is 2.39. The summed E-state index contributed by atoms with van der Waals surface area (Å²) in [5.74, 6) is 0.979. The number of hydrogen-bond acceptors (Lipinski definition) is 9. The molecular formula is C23H29N7O3S. The zero-order valence-corrected chi connectivity index (χ0v) is 20.5. The number of carbonyl (C=O) groups is 2. The van der Waals surface area contributed by atoms with Crippen molar-refractivity contribution in [3.05, 3.63) is 28.5 Å². The molecule has 1 saturated heterocycles. The van der Waals surface area contributed by atoms with Gasteiger partial charge in [-0.1, -0.05) is 6.92 Å². The number of anilines is 2. The zero-order valence-electron chi connectivity index (χ0n) is 19.7. The van der Waals surface area contributed by atoms with Crippen LogP contribution in [-0.4, -0.2) is 76.4 Å². The monoisotopic (exact) mass is 483 g/mol. The predicted molar refractivity (Wildman–Crippen MR) is 130 cm³/mol. The normalized spacial score (nSPS) is 18.7. The number of aryl methyl sites for hydroxylation is 1. The molecule has 4 heterocycles. The Morgan fingerprint density at radius 3 is 2.79 bits per heavy atom. The number of piperazine rings is 1.